The summed E-state index contributed by atoms with van der Waals surface area (Å²) in [5, 5.41) is 47.7. The molecule has 0 saturated carbocycles. The van der Waals surface area contributed by atoms with E-state index in [1.807, 2.05) is 13.8 Å². The number of unbranched alkanes of at least 4 members (excludes halogenated alkanes) is 1. The molecule has 3 amide bonds. The molecule has 0 radical (unpaired) electrons. The molecule has 9 atom stereocenters. The molecule has 5 unspecified atom stereocenters. The van der Waals surface area contributed by atoms with E-state index < -0.39 is 77.4 Å². The maximum absolute atomic E-state index is 12.9. The lowest BCUT2D eigenvalue weighted by atomic mass is 9.89. The Kier molecular flexibility index (Phi) is 15.3. The highest BCUT2D eigenvalue weighted by Crippen LogP contribution is 2.27. The van der Waals surface area contributed by atoms with Gasteiger partial charge in [0.2, 0.25) is 17.7 Å². The molecule has 252 valence electrons. The number of rotatable bonds is 18. The summed E-state index contributed by atoms with van der Waals surface area (Å²) >= 11 is 0.932. The van der Waals surface area contributed by atoms with Crippen molar-refractivity contribution in [2.24, 2.45) is 23.7 Å². The summed E-state index contributed by atoms with van der Waals surface area (Å²) in [5.41, 5.74) is 0. The highest BCUT2D eigenvalue weighted by molar-refractivity contribution is 8.01. The first-order valence-corrected chi connectivity index (χ1v) is 16.3. The second-order valence-electron chi connectivity index (χ2n) is 12.2. The Bertz CT molecular complexity index is 1010. The van der Waals surface area contributed by atoms with E-state index in [-0.39, 0.29) is 43.1 Å². The summed E-state index contributed by atoms with van der Waals surface area (Å²) in [5.74, 6) is -3.84. The van der Waals surface area contributed by atoms with Gasteiger partial charge in [0.05, 0.1) is 35.9 Å². The largest absolute Gasteiger partial charge is 0.394 e. The second-order valence-corrected chi connectivity index (χ2v) is 13.4. The van der Waals surface area contributed by atoms with Crippen molar-refractivity contribution in [1.29, 1.82) is 0 Å². The fourth-order valence-corrected chi connectivity index (χ4v) is 5.89. The van der Waals surface area contributed by atoms with Crippen molar-refractivity contribution in [3.05, 3.63) is 0 Å². The molecule has 0 aromatic carbocycles. The zero-order valence-electron chi connectivity index (χ0n) is 26.4. The third kappa shape index (κ3) is 10.3. The number of hydrogen-bond donors (Lipinski definition) is 7. The molecule has 2 aliphatic rings. The smallest absolute Gasteiger partial charge is 0.242 e. The number of hydrogen-bond acceptors (Lipinski definition) is 13. The predicted octanol–water partition coefficient (Wildman–Crippen LogP) is -1.27. The van der Waals surface area contributed by atoms with Crippen molar-refractivity contribution in [2.45, 2.75) is 103 Å². The number of carbonyl (C=O) groups is 5. The number of Topliss-reactive ketones (excluding diaryl/α,β-unsaturated/α-hetero) is 2. The summed E-state index contributed by atoms with van der Waals surface area (Å²) < 4.78 is 5.34. The van der Waals surface area contributed by atoms with Gasteiger partial charge in [-0.25, -0.2) is 0 Å². The third-order valence-electron chi connectivity index (χ3n) is 8.30. The fourth-order valence-electron chi connectivity index (χ4n) is 4.83. The van der Waals surface area contributed by atoms with Crippen molar-refractivity contribution in [2.75, 3.05) is 25.4 Å². The van der Waals surface area contributed by atoms with Crippen LogP contribution in [0.4, 0.5) is 0 Å². The SMILES string of the molecule is CC(C)C(=O)C(NC(=O)C(C)C(C)C)NC(O)C(=O)CSC1CC(=O)N(CCCCN[C@H]2C(O)O[C@H](CO)[C@@H](C)[C@@H]2O)C1=O. The molecule has 0 aliphatic carbocycles. The lowest BCUT2D eigenvalue weighted by Gasteiger charge is -2.41. The standard InChI is InChI=1S/C29H50N4O10S/c1-14(2)16(5)26(39)31-25(23(37)15(3)4)32-27(40)18(35)13-44-20-11-21(36)33(28(20)41)10-8-7-9-30-22-24(38)17(6)19(12-34)43-29(22)42/h14-17,19-20,22,24-25,27,29-30,32,34,38,40,42H,7-13H2,1-6H3,(H,31,39)/t16?,17-,19-,20?,22-,24+,25?,27?,29?/m1/s1. The van der Waals surface area contributed by atoms with Crippen LogP contribution in [0.2, 0.25) is 0 Å². The molecule has 44 heavy (non-hydrogen) atoms. The van der Waals surface area contributed by atoms with E-state index in [0.29, 0.717) is 19.4 Å². The number of carbonyl (C=O) groups excluding carboxylic acids is 5. The number of aliphatic hydroxyl groups is 4. The van der Waals surface area contributed by atoms with Crippen molar-refractivity contribution in [1.82, 2.24) is 20.9 Å². The lowest BCUT2D eigenvalue weighted by Crippen LogP contribution is -2.60. The van der Waals surface area contributed by atoms with Crippen LogP contribution in [-0.2, 0) is 28.7 Å². The van der Waals surface area contributed by atoms with Crippen LogP contribution in [0.1, 0.15) is 60.8 Å². The Morgan fingerprint density at radius 2 is 1.75 bits per heavy atom. The van der Waals surface area contributed by atoms with E-state index in [1.54, 1.807) is 27.7 Å². The van der Waals surface area contributed by atoms with E-state index in [0.717, 1.165) is 16.7 Å². The van der Waals surface area contributed by atoms with Crippen LogP contribution >= 0.6 is 11.8 Å². The molecule has 14 nitrogen and oxygen atoms in total. The molecule has 0 spiro atoms. The molecule has 7 N–H and O–H groups in total. The fraction of sp³-hybridized carbons (Fsp3) is 0.828. The van der Waals surface area contributed by atoms with Gasteiger partial charge in [0, 0.05) is 30.7 Å². The highest BCUT2D eigenvalue weighted by atomic mass is 32.2. The van der Waals surface area contributed by atoms with E-state index >= 15 is 0 Å². The average Bonchev–Trinajstić information content (AvgIpc) is 3.24. The number of likely N-dealkylation sites (tertiary alicyclic amines) is 1. The Morgan fingerprint density at radius 3 is 2.34 bits per heavy atom. The number of imide groups is 1. The Morgan fingerprint density at radius 1 is 1.09 bits per heavy atom. The molecule has 2 aliphatic heterocycles. The molecule has 2 fully saturated rings. The minimum atomic E-state index is -1.77. The number of nitrogens with one attached hydrogen (secondary N) is 3. The molecule has 0 bridgehead atoms. The van der Waals surface area contributed by atoms with Crippen LogP contribution in [0.25, 0.3) is 0 Å². The van der Waals surface area contributed by atoms with Crippen molar-refractivity contribution >= 4 is 41.0 Å². The number of aliphatic hydroxyl groups excluding tert-OH is 4. The first kappa shape index (κ1) is 38.2. The van der Waals surface area contributed by atoms with Gasteiger partial charge < -0.3 is 35.8 Å². The molecule has 2 heterocycles. The number of nitrogens with zero attached hydrogens (tertiary/aromatic N) is 1. The van der Waals surface area contributed by atoms with Gasteiger partial charge in [-0.3, -0.25) is 34.2 Å². The van der Waals surface area contributed by atoms with Crippen LogP contribution in [0.3, 0.4) is 0 Å². The van der Waals surface area contributed by atoms with Gasteiger partial charge in [-0.1, -0.05) is 41.5 Å². The molecular formula is C29H50N4O10S. The predicted molar refractivity (Wildman–Crippen MR) is 162 cm³/mol. The third-order valence-corrected chi connectivity index (χ3v) is 9.52. The number of thioether (sulfide) groups is 1. The van der Waals surface area contributed by atoms with Crippen LogP contribution in [0.15, 0.2) is 0 Å². The maximum atomic E-state index is 12.9. The van der Waals surface area contributed by atoms with Crippen molar-refractivity contribution in [3.8, 4) is 0 Å². The van der Waals surface area contributed by atoms with Gasteiger partial charge in [-0.15, -0.1) is 11.8 Å². The monoisotopic (exact) mass is 646 g/mol. The lowest BCUT2D eigenvalue weighted by molar-refractivity contribution is -0.235. The number of amides is 3. The van der Waals surface area contributed by atoms with Gasteiger partial charge >= 0.3 is 0 Å². The summed E-state index contributed by atoms with van der Waals surface area (Å²) in [6, 6.07) is -0.746. The van der Waals surface area contributed by atoms with E-state index in [9.17, 15) is 44.4 Å². The first-order valence-electron chi connectivity index (χ1n) is 15.2. The zero-order chi connectivity index (χ0) is 33.3. The van der Waals surface area contributed by atoms with Crippen molar-refractivity contribution in [3.63, 3.8) is 0 Å². The minimum Gasteiger partial charge on any atom is -0.394 e. The quantitative estimate of drug-likeness (QED) is 0.0526. The Hall–Kier alpha value is -1.98. The van der Waals surface area contributed by atoms with Gasteiger partial charge in [0.15, 0.2) is 24.1 Å². The van der Waals surface area contributed by atoms with Crippen molar-refractivity contribution < 1.29 is 49.1 Å². The van der Waals surface area contributed by atoms with E-state index in [4.69, 9.17) is 4.74 Å². The topological polar surface area (TPSA) is 215 Å². The second kappa shape index (κ2) is 17.6. The van der Waals surface area contributed by atoms with E-state index in [1.165, 1.54) is 0 Å². The molecule has 0 aromatic heterocycles. The summed E-state index contributed by atoms with van der Waals surface area (Å²) in [6.45, 7) is 10.7. The Balaban J connectivity index is 1.81. The van der Waals surface area contributed by atoms with Crippen LogP contribution < -0.4 is 16.0 Å². The summed E-state index contributed by atoms with van der Waals surface area (Å²) in [4.78, 5) is 64.4. The zero-order valence-corrected chi connectivity index (χ0v) is 27.2. The summed E-state index contributed by atoms with van der Waals surface area (Å²) in [6.07, 6.45) is -5.02. The van der Waals surface area contributed by atoms with Gasteiger partial charge in [0.25, 0.3) is 0 Å². The molecule has 2 saturated heterocycles. The molecule has 15 heteroatoms. The van der Waals surface area contributed by atoms with Crippen LogP contribution in [0, 0.1) is 23.7 Å². The average molecular weight is 647 g/mol. The number of ether oxygens (including phenoxy) is 1. The van der Waals surface area contributed by atoms with Gasteiger partial charge in [0.1, 0.15) is 6.17 Å². The Labute approximate surface area is 263 Å². The molecular weight excluding hydrogens is 596 g/mol. The molecule has 2 rings (SSSR count). The highest BCUT2D eigenvalue weighted by Gasteiger charge is 2.42. The van der Waals surface area contributed by atoms with E-state index in [2.05, 4.69) is 16.0 Å². The summed E-state index contributed by atoms with van der Waals surface area (Å²) in [7, 11) is 0. The first-order chi connectivity index (χ1) is 20.6. The van der Waals surface area contributed by atoms with Crippen LogP contribution in [0.5, 0.6) is 0 Å². The van der Waals surface area contributed by atoms with Gasteiger partial charge in [-0.2, -0.15) is 0 Å². The minimum absolute atomic E-state index is 0.0144. The van der Waals surface area contributed by atoms with Crippen LogP contribution in [-0.4, -0.2) is 122 Å². The van der Waals surface area contributed by atoms with Gasteiger partial charge in [-0.05, 0) is 25.3 Å². The number of ketones is 2. The molecule has 0 aromatic rings. The maximum Gasteiger partial charge on any atom is 0.242 e. The normalized spacial score (nSPS) is 28.0.